The van der Waals surface area contributed by atoms with Gasteiger partial charge in [0.2, 0.25) is 0 Å². The summed E-state index contributed by atoms with van der Waals surface area (Å²) in [6.07, 6.45) is 1.76. The van der Waals surface area contributed by atoms with Crippen LogP contribution < -0.4 is 5.32 Å². The van der Waals surface area contributed by atoms with Crippen LogP contribution in [-0.2, 0) is 6.54 Å². The quantitative estimate of drug-likeness (QED) is 0.852. The minimum Gasteiger partial charge on any atom is -0.467 e. The molecule has 0 saturated heterocycles. The lowest BCUT2D eigenvalue weighted by Gasteiger charge is -2.07. The molecule has 0 saturated carbocycles. The molecular formula is C16H21NO. The van der Waals surface area contributed by atoms with Gasteiger partial charge in [0.1, 0.15) is 5.76 Å². The third kappa shape index (κ3) is 2.82. The van der Waals surface area contributed by atoms with Gasteiger partial charge in [-0.3, -0.25) is 0 Å². The number of benzene rings is 1. The van der Waals surface area contributed by atoms with E-state index in [-0.39, 0.29) is 0 Å². The zero-order valence-electron chi connectivity index (χ0n) is 11.4. The van der Waals surface area contributed by atoms with Crippen LogP contribution in [0.5, 0.6) is 0 Å². The zero-order valence-corrected chi connectivity index (χ0v) is 11.4. The molecule has 0 aliphatic heterocycles. The molecule has 2 heteroatoms. The molecular weight excluding hydrogens is 222 g/mol. The van der Waals surface area contributed by atoms with Crippen LogP contribution in [0.3, 0.4) is 0 Å². The van der Waals surface area contributed by atoms with Gasteiger partial charge in [-0.15, -0.1) is 0 Å². The Kier molecular flexibility index (Phi) is 4.21. The summed E-state index contributed by atoms with van der Waals surface area (Å²) in [5.74, 6) is 1.58. The highest BCUT2D eigenvalue weighted by Crippen LogP contribution is 2.26. The third-order valence-corrected chi connectivity index (χ3v) is 3.17. The predicted octanol–water partition coefficient (Wildman–Crippen LogP) is 4.18. The molecule has 0 fully saturated rings. The second-order valence-corrected chi connectivity index (χ2v) is 4.81. The van der Waals surface area contributed by atoms with Gasteiger partial charge in [0.25, 0.3) is 0 Å². The van der Waals surface area contributed by atoms with Crippen molar-refractivity contribution in [3.05, 3.63) is 47.9 Å². The maximum atomic E-state index is 5.54. The van der Waals surface area contributed by atoms with Crippen molar-refractivity contribution in [2.75, 3.05) is 6.54 Å². The first kappa shape index (κ1) is 12.9. The van der Waals surface area contributed by atoms with Crippen LogP contribution in [0.4, 0.5) is 0 Å². The highest BCUT2D eigenvalue weighted by Gasteiger charge is 2.08. The van der Waals surface area contributed by atoms with Crippen LogP contribution in [-0.4, -0.2) is 6.54 Å². The first-order valence-corrected chi connectivity index (χ1v) is 6.59. The summed E-state index contributed by atoms with van der Waals surface area (Å²) >= 11 is 0. The molecule has 1 aromatic carbocycles. The smallest absolute Gasteiger partial charge is 0.125 e. The number of nitrogens with one attached hydrogen (secondary N) is 1. The van der Waals surface area contributed by atoms with E-state index < -0.39 is 0 Å². The summed E-state index contributed by atoms with van der Waals surface area (Å²) in [6.45, 7) is 8.25. The Hall–Kier alpha value is -1.54. The summed E-state index contributed by atoms with van der Waals surface area (Å²) in [6, 6.07) is 10.8. The molecule has 0 aliphatic rings. The van der Waals surface area contributed by atoms with Crippen molar-refractivity contribution in [2.45, 2.75) is 33.2 Å². The van der Waals surface area contributed by atoms with Crippen molar-refractivity contribution in [3.63, 3.8) is 0 Å². The highest BCUT2D eigenvalue weighted by atomic mass is 16.3. The SMILES string of the molecule is CCNCc1occc1-c1ccc(C(C)C)cc1. The largest absolute Gasteiger partial charge is 0.467 e. The lowest BCUT2D eigenvalue weighted by atomic mass is 9.99. The predicted molar refractivity (Wildman–Crippen MR) is 75.6 cm³/mol. The normalized spacial score (nSPS) is 11.1. The molecule has 18 heavy (non-hydrogen) atoms. The zero-order chi connectivity index (χ0) is 13.0. The van der Waals surface area contributed by atoms with Crippen molar-refractivity contribution in [2.24, 2.45) is 0 Å². The van der Waals surface area contributed by atoms with Crippen LogP contribution in [0, 0.1) is 0 Å². The van der Waals surface area contributed by atoms with Crippen molar-refractivity contribution in [1.29, 1.82) is 0 Å². The Labute approximate surface area is 109 Å². The van der Waals surface area contributed by atoms with Crippen LogP contribution in [0.15, 0.2) is 41.0 Å². The Morgan fingerprint density at radius 2 is 1.83 bits per heavy atom. The van der Waals surface area contributed by atoms with E-state index in [0.29, 0.717) is 5.92 Å². The molecule has 1 aromatic heterocycles. The van der Waals surface area contributed by atoms with Gasteiger partial charge in [-0.1, -0.05) is 45.0 Å². The molecule has 2 rings (SSSR count). The van der Waals surface area contributed by atoms with Gasteiger partial charge in [-0.2, -0.15) is 0 Å². The van der Waals surface area contributed by atoms with Gasteiger partial charge >= 0.3 is 0 Å². The molecule has 1 heterocycles. The first-order valence-electron chi connectivity index (χ1n) is 6.59. The average molecular weight is 243 g/mol. The van der Waals surface area contributed by atoms with Crippen molar-refractivity contribution < 1.29 is 4.42 Å². The van der Waals surface area contributed by atoms with Crippen LogP contribution in [0.1, 0.15) is 38.0 Å². The second-order valence-electron chi connectivity index (χ2n) is 4.81. The summed E-state index contributed by atoms with van der Waals surface area (Å²) in [7, 11) is 0. The number of hydrogen-bond donors (Lipinski definition) is 1. The monoisotopic (exact) mass is 243 g/mol. The number of furan rings is 1. The molecule has 1 N–H and O–H groups in total. The fourth-order valence-corrected chi connectivity index (χ4v) is 2.02. The fraction of sp³-hybridized carbons (Fsp3) is 0.375. The maximum Gasteiger partial charge on any atom is 0.125 e. The third-order valence-electron chi connectivity index (χ3n) is 3.17. The Bertz CT molecular complexity index is 482. The standard InChI is InChI=1S/C16H21NO/c1-4-17-11-16-15(9-10-18-16)14-7-5-13(6-8-14)12(2)3/h5-10,12,17H,4,11H2,1-3H3. The van der Waals surface area contributed by atoms with E-state index in [4.69, 9.17) is 4.42 Å². The number of rotatable bonds is 5. The molecule has 0 bridgehead atoms. The molecule has 2 nitrogen and oxygen atoms in total. The summed E-state index contributed by atoms with van der Waals surface area (Å²) in [5.41, 5.74) is 3.78. The van der Waals surface area contributed by atoms with Gasteiger partial charge in [-0.25, -0.2) is 0 Å². The molecule has 96 valence electrons. The lowest BCUT2D eigenvalue weighted by Crippen LogP contribution is -2.11. The molecule has 0 radical (unpaired) electrons. The van der Waals surface area contributed by atoms with Gasteiger partial charge in [-0.05, 0) is 29.7 Å². The van der Waals surface area contributed by atoms with E-state index >= 15 is 0 Å². The van der Waals surface area contributed by atoms with Gasteiger partial charge < -0.3 is 9.73 Å². The molecule has 0 atom stereocenters. The topological polar surface area (TPSA) is 25.2 Å². The summed E-state index contributed by atoms with van der Waals surface area (Å²) in [5, 5.41) is 3.30. The minimum absolute atomic E-state index is 0.574. The maximum absolute atomic E-state index is 5.54. The van der Waals surface area contributed by atoms with Gasteiger partial charge in [0, 0.05) is 5.56 Å². The van der Waals surface area contributed by atoms with Crippen LogP contribution in [0.2, 0.25) is 0 Å². The first-order chi connectivity index (χ1) is 8.72. The molecule has 0 unspecified atom stereocenters. The Balaban J connectivity index is 2.23. The lowest BCUT2D eigenvalue weighted by molar-refractivity contribution is 0.489. The second kappa shape index (κ2) is 5.87. The van der Waals surface area contributed by atoms with Crippen LogP contribution in [0.25, 0.3) is 11.1 Å². The van der Waals surface area contributed by atoms with E-state index in [9.17, 15) is 0 Å². The van der Waals surface area contributed by atoms with E-state index in [2.05, 4.69) is 50.4 Å². The van der Waals surface area contributed by atoms with Crippen molar-refractivity contribution >= 4 is 0 Å². The highest BCUT2D eigenvalue weighted by molar-refractivity contribution is 5.65. The van der Waals surface area contributed by atoms with E-state index in [1.807, 2.05) is 6.07 Å². The molecule has 2 aromatic rings. The van der Waals surface area contributed by atoms with E-state index in [0.717, 1.165) is 18.8 Å². The molecule has 0 spiro atoms. The Morgan fingerprint density at radius 1 is 1.11 bits per heavy atom. The van der Waals surface area contributed by atoms with E-state index in [1.165, 1.54) is 16.7 Å². The van der Waals surface area contributed by atoms with Crippen molar-refractivity contribution in [3.8, 4) is 11.1 Å². The summed E-state index contributed by atoms with van der Waals surface area (Å²) in [4.78, 5) is 0. The van der Waals surface area contributed by atoms with Crippen molar-refractivity contribution in [1.82, 2.24) is 5.32 Å². The molecule has 0 amide bonds. The van der Waals surface area contributed by atoms with Gasteiger partial charge in [0.15, 0.2) is 0 Å². The fourth-order valence-electron chi connectivity index (χ4n) is 2.02. The number of hydrogen-bond acceptors (Lipinski definition) is 2. The van der Waals surface area contributed by atoms with Crippen LogP contribution >= 0.6 is 0 Å². The van der Waals surface area contributed by atoms with Gasteiger partial charge in [0.05, 0.1) is 12.8 Å². The molecule has 0 aliphatic carbocycles. The average Bonchev–Trinajstić information content (AvgIpc) is 2.84. The Morgan fingerprint density at radius 3 is 2.44 bits per heavy atom. The summed E-state index contributed by atoms with van der Waals surface area (Å²) < 4.78 is 5.54. The van der Waals surface area contributed by atoms with E-state index in [1.54, 1.807) is 6.26 Å². The minimum atomic E-state index is 0.574.